The average Bonchev–Trinajstić information content (AvgIpc) is 3.05. The summed E-state index contributed by atoms with van der Waals surface area (Å²) in [4.78, 5) is 34.6. The van der Waals surface area contributed by atoms with Crippen molar-refractivity contribution in [1.29, 1.82) is 0 Å². The van der Waals surface area contributed by atoms with Gasteiger partial charge in [0, 0.05) is 23.7 Å². The van der Waals surface area contributed by atoms with Crippen molar-refractivity contribution in [2.75, 3.05) is 11.9 Å². The van der Waals surface area contributed by atoms with Crippen LogP contribution in [-0.4, -0.2) is 29.4 Å². The molecule has 2 amide bonds. The number of aliphatic carboxylic acids is 1. The van der Waals surface area contributed by atoms with Crippen LogP contribution in [0.5, 0.6) is 0 Å². The molecular formula is C18H20N2O5. The normalized spacial score (nSPS) is 10.5. The summed E-state index contributed by atoms with van der Waals surface area (Å²) in [7, 11) is 0. The number of hydrogen-bond donors (Lipinski definition) is 3. The van der Waals surface area contributed by atoms with Crippen LogP contribution in [-0.2, 0) is 4.79 Å². The van der Waals surface area contributed by atoms with Gasteiger partial charge in [-0.3, -0.25) is 14.4 Å². The van der Waals surface area contributed by atoms with Crippen LogP contribution in [0, 0.1) is 0 Å². The molecule has 0 aliphatic rings. The number of carboxylic acids is 1. The van der Waals surface area contributed by atoms with Gasteiger partial charge in [-0.25, -0.2) is 0 Å². The first-order valence-corrected chi connectivity index (χ1v) is 7.87. The Morgan fingerprint density at radius 3 is 2.36 bits per heavy atom. The monoisotopic (exact) mass is 344 g/mol. The summed E-state index contributed by atoms with van der Waals surface area (Å²) < 4.78 is 5.33. The van der Waals surface area contributed by atoms with Crippen molar-refractivity contribution in [2.24, 2.45) is 0 Å². The average molecular weight is 344 g/mol. The van der Waals surface area contributed by atoms with Crippen LogP contribution in [0.15, 0.2) is 41.0 Å². The Balaban J connectivity index is 1.98. The van der Waals surface area contributed by atoms with E-state index in [-0.39, 0.29) is 30.7 Å². The van der Waals surface area contributed by atoms with Gasteiger partial charge in [0.25, 0.3) is 11.8 Å². The van der Waals surface area contributed by atoms with E-state index in [1.165, 1.54) is 6.26 Å². The first-order valence-electron chi connectivity index (χ1n) is 7.87. The number of amides is 2. The molecule has 7 nitrogen and oxygen atoms in total. The van der Waals surface area contributed by atoms with Crippen molar-refractivity contribution < 1.29 is 23.9 Å². The molecule has 1 heterocycles. The highest BCUT2D eigenvalue weighted by Crippen LogP contribution is 2.21. The van der Waals surface area contributed by atoms with E-state index >= 15 is 0 Å². The lowest BCUT2D eigenvalue weighted by atomic mass is 10.1. The highest BCUT2D eigenvalue weighted by atomic mass is 16.4. The fourth-order valence-electron chi connectivity index (χ4n) is 2.24. The van der Waals surface area contributed by atoms with Crippen LogP contribution in [0.1, 0.15) is 52.7 Å². The third-order valence-corrected chi connectivity index (χ3v) is 3.49. The van der Waals surface area contributed by atoms with Crippen molar-refractivity contribution in [1.82, 2.24) is 5.32 Å². The maximum absolute atomic E-state index is 12.3. The zero-order valence-electron chi connectivity index (χ0n) is 14.0. The van der Waals surface area contributed by atoms with Crippen LogP contribution >= 0.6 is 0 Å². The highest BCUT2D eigenvalue weighted by molar-refractivity contribution is 6.05. The Morgan fingerprint density at radius 2 is 1.76 bits per heavy atom. The minimum atomic E-state index is -0.974. The van der Waals surface area contributed by atoms with E-state index in [0.29, 0.717) is 22.6 Å². The van der Waals surface area contributed by atoms with Gasteiger partial charge in [0.1, 0.15) is 5.76 Å². The molecule has 0 spiro atoms. The molecule has 2 rings (SSSR count). The van der Waals surface area contributed by atoms with E-state index in [1.807, 2.05) is 13.8 Å². The lowest BCUT2D eigenvalue weighted by molar-refractivity contribution is -0.136. The lowest BCUT2D eigenvalue weighted by Crippen LogP contribution is -2.25. The number of carbonyl (C=O) groups is 3. The molecular weight excluding hydrogens is 324 g/mol. The van der Waals surface area contributed by atoms with Gasteiger partial charge in [-0.05, 0) is 30.3 Å². The maximum atomic E-state index is 12.3. The quantitative estimate of drug-likeness (QED) is 0.715. The first-order chi connectivity index (χ1) is 11.9. The number of furan rings is 1. The van der Waals surface area contributed by atoms with Gasteiger partial charge >= 0.3 is 5.97 Å². The molecule has 0 unspecified atom stereocenters. The van der Waals surface area contributed by atoms with E-state index in [2.05, 4.69) is 10.6 Å². The molecule has 7 heteroatoms. The van der Waals surface area contributed by atoms with E-state index in [1.54, 1.807) is 30.3 Å². The molecule has 25 heavy (non-hydrogen) atoms. The van der Waals surface area contributed by atoms with Crippen LogP contribution in [0.25, 0.3) is 0 Å². The molecule has 132 valence electrons. The predicted octanol–water partition coefficient (Wildman–Crippen LogP) is 2.86. The van der Waals surface area contributed by atoms with Gasteiger partial charge in [-0.15, -0.1) is 0 Å². The number of anilines is 1. The molecule has 0 saturated heterocycles. The molecule has 2 aromatic rings. The number of carbonyl (C=O) groups excluding carboxylic acids is 2. The molecule has 0 atom stereocenters. The van der Waals surface area contributed by atoms with Crippen LogP contribution in [0.4, 0.5) is 5.69 Å². The molecule has 1 aromatic heterocycles. The van der Waals surface area contributed by atoms with Crippen LogP contribution < -0.4 is 10.6 Å². The van der Waals surface area contributed by atoms with E-state index in [9.17, 15) is 14.4 Å². The number of benzene rings is 1. The van der Waals surface area contributed by atoms with E-state index < -0.39 is 5.97 Å². The largest absolute Gasteiger partial charge is 0.481 e. The third-order valence-electron chi connectivity index (χ3n) is 3.49. The second kappa shape index (κ2) is 8.14. The number of rotatable bonds is 7. The topological polar surface area (TPSA) is 109 Å². The van der Waals surface area contributed by atoms with Crippen molar-refractivity contribution >= 4 is 23.5 Å². The van der Waals surface area contributed by atoms with E-state index in [0.717, 1.165) is 0 Å². The van der Waals surface area contributed by atoms with Gasteiger partial charge in [-0.2, -0.15) is 0 Å². The van der Waals surface area contributed by atoms with Gasteiger partial charge in [-0.1, -0.05) is 13.8 Å². The summed E-state index contributed by atoms with van der Waals surface area (Å²) in [5, 5.41) is 13.8. The molecule has 0 saturated carbocycles. The summed E-state index contributed by atoms with van der Waals surface area (Å²) in [6, 6.07) is 7.96. The van der Waals surface area contributed by atoms with Gasteiger partial charge < -0.3 is 20.2 Å². The molecule has 0 fully saturated rings. The SMILES string of the molecule is CC(C)c1occc1C(=O)Nc1ccc(C(=O)NCCC(=O)O)cc1. The number of nitrogens with one attached hydrogen (secondary N) is 2. The molecule has 0 aliphatic heterocycles. The predicted molar refractivity (Wildman–Crippen MR) is 91.8 cm³/mol. The fourth-order valence-corrected chi connectivity index (χ4v) is 2.24. The van der Waals surface area contributed by atoms with Crippen molar-refractivity contribution in [3.05, 3.63) is 53.5 Å². The number of carboxylic acid groups (broad SMARTS) is 1. The summed E-state index contributed by atoms with van der Waals surface area (Å²) in [5.74, 6) is -0.912. The summed E-state index contributed by atoms with van der Waals surface area (Å²) >= 11 is 0. The minimum Gasteiger partial charge on any atom is -0.481 e. The molecule has 0 bridgehead atoms. The Bertz CT molecular complexity index is 762. The molecule has 3 N–H and O–H groups in total. The van der Waals surface area contributed by atoms with E-state index in [4.69, 9.17) is 9.52 Å². The Kier molecular flexibility index (Phi) is 5.94. The Hall–Kier alpha value is -3.09. The zero-order chi connectivity index (χ0) is 18.4. The standard InChI is InChI=1S/C18H20N2O5/c1-11(2)16-14(8-10-25-16)18(24)20-13-5-3-12(4-6-13)17(23)19-9-7-15(21)22/h3-6,8,10-11H,7,9H2,1-2H3,(H,19,23)(H,20,24)(H,21,22). The van der Waals surface area contributed by atoms with Crippen LogP contribution in [0.3, 0.4) is 0 Å². The molecule has 1 aromatic carbocycles. The fraction of sp³-hybridized carbons (Fsp3) is 0.278. The highest BCUT2D eigenvalue weighted by Gasteiger charge is 2.17. The second-order valence-electron chi connectivity index (χ2n) is 5.78. The summed E-state index contributed by atoms with van der Waals surface area (Å²) in [5.41, 5.74) is 1.41. The van der Waals surface area contributed by atoms with Gasteiger partial charge in [0.05, 0.1) is 18.2 Å². The summed E-state index contributed by atoms with van der Waals surface area (Å²) in [6.07, 6.45) is 1.34. The van der Waals surface area contributed by atoms with Crippen molar-refractivity contribution in [2.45, 2.75) is 26.2 Å². The smallest absolute Gasteiger partial charge is 0.305 e. The lowest BCUT2D eigenvalue weighted by Gasteiger charge is -2.08. The molecule has 0 radical (unpaired) electrons. The van der Waals surface area contributed by atoms with Crippen LogP contribution in [0.2, 0.25) is 0 Å². The zero-order valence-corrected chi connectivity index (χ0v) is 14.0. The number of hydrogen-bond acceptors (Lipinski definition) is 4. The van der Waals surface area contributed by atoms with Gasteiger partial charge in [0.2, 0.25) is 0 Å². The maximum Gasteiger partial charge on any atom is 0.305 e. The van der Waals surface area contributed by atoms with Crippen molar-refractivity contribution in [3.8, 4) is 0 Å². The minimum absolute atomic E-state index is 0.0606. The van der Waals surface area contributed by atoms with Crippen molar-refractivity contribution in [3.63, 3.8) is 0 Å². The second-order valence-corrected chi connectivity index (χ2v) is 5.78. The van der Waals surface area contributed by atoms with Gasteiger partial charge in [0.15, 0.2) is 0 Å². The Morgan fingerprint density at radius 1 is 1.08 bits per heavy atom. The third kappa shape index (κ3) is 4.94. The Labute approximate surface area is 145 Å². The molecule has 0 aliphatic carbocycles. The first kappa shape index (κ1) is 18.3. The summed E-state index contributed by atoms with van der Waals surface area (Å²) in [6.45, 7) is 3.94.